The lowest BCUT2D eigenvalue weighted by molar-refractivity contribution is 0.228. The highest BCUT2D eigenvalue weighted by atomic mass is 16.3. The van der Waals surface area contributed by atoms with Crippen molar-refractivity contribution in [1.82, 2.24) is 5.32 Å². The van der Waals surface area contributed by atoms with Crippen LogP contribution in [0.4, 0.5) is 0 Å². The van der Waals surface area contributed by atoms with Gasteiger partial charge in [0, 0.05) is 19.0 Å². The van der Waals surface area contributed by atoms with Gasteiger partial charge in [-0.25, -0.2) is 0 Å². The summed E-state index contributed by atoms with van der Waals surface area (Å²) in [7, 11) is 0. The van der Waals surface area contributed by atoms with Crippen molar-refractivity contribution in [2.24, 2.45) is 11.3 Å². The maximum absolute atomic E-state index is 5.34. The maximum Gasteiger partial charge on any atom is 0.103 e. The highest BCUT2D eigenvalue weighted by Gasteiger charge is 2.22. The number of hydrogen-bond acceptors (Lipinski definition) is 2. The van der Waals surface area contributed by atoms with Gasteiger partial charge in [0.1, 0.15) is 5.76 Å². The van der Waals surface area contributed by atoms with Crippen LogP contribution in [-0.4, -0.2) is 12.6 Å². The molecule has 1 N–H and O–H groups in total. The summed E-state index contributed by atoms with van der Waals surface area (Å²) in [5, 5.41) is 3.62. The first-order valence-corrected chi connectivity index (χ1v) is 6.67. The molecular formula is C15H27NO. The lowest BCUT2D eigenvalue weighted by atomic mass is 9.81. The Morgan fingerprint density at radius 2 is 2.00 bits per heavy atom. The molecule has 0 radical (unpaired) electrons. The van der Waals surface area contributed by atoms with E-state index >= 15 is 0 Å². The molecule has 2 nitrogen and oxygen atoms in total. The van der Waals surface area contributed by atoms with Gasteiger partial charge in [0.15, 0.2) is 0 Å². The minimum Gasteiger partial charge on any atom is -0.469 e. The van der Waals surface area contributed by atoms with Crippen molar-refractivity contribution in [2.75, 3.05) is 6.54 Å². The van der Waals surface area contributed by atoms with Crippen molar-refractivity contribution in [3.05, 3.63) is 24.2 Å². The second kappa shape index (κ2) is 6.25. The Bertz CT molecular complexity index is 301. The van der Waals surface area contributed by atoms with Crippen molar-refractivity contribution in [3.63, 3.8) is 0 Å². The van der Waals surface area contributed by atoms with E-state index in [1.54, 1.807) is 6.26 Å². The van der Waals surface area contributed by atoms with Crippen LogP contribution in [0.5, 0.6) is 0 Å². The Hall–Kier alpha value is -0.760. The van der Waals surface area contributed by atoms with Crippen LogP contribution in [0.25, 0.3) is 0 Å². The molecule has 0 spiro atoms. The Kier molecular flexibility index (Phi) is 5.26. The van der Waals surface area contributed by atoms with Crippen LogP contribution in [0.2, 0.25) is 0 Å². The smallest absolute Gasteiger partial charge is 0.103 e. The van der Waals surface area contributed by atoms with Crippen molar-refractivity contribution in [2.45, 2.75) is 53.5 Å². The zero-order chi connectivity index (χ0) is 12.9. The van der Waals surface area contributed by atoms with Crippen LogP contribution in [0.3, 0.4) is 0 Å². The average molecular weight is 237 g/mol. The minimum atomic E-state index is 0.360. The minimum absolute atomic E-state index is 0.360. The Morgan fingerprint density at radius 3 is 2.53 bits per heavy atom. The van der Waals surface area contributed by atoms with Gasteiger partial charge in [-0.3, -0.25) is 0 Å². The largest absolute Gasteiger partial charge is 0.469 e. The SMILES string of the molecule is CC(CCc1ccco1)NCC(C)(C)C(C)C. The second-order valence-electron chi connectivity index (χ2n) is 6.04. The van der Waals surface area contributed by atoms with E-state index in [-0.39, 0.29) is 0 Å². The molecule has 0 bridgehead atoms. The van der Waals surface area contributed by atoms with Crippen LogP contribution in [-0.2, 0) is 6.42 Å². The summed E-state index contributed by atoms with van der Waals surface area (Å²) in [4.78, 5) is 0. The van der Waals surface area contributed by atoms with Crippen LogP contribution < -0.4 is 5.32 Å². The summed E-state index contributed by atoms with van der Waals surface area (Å²) in [5.41, 5.74) is 0.360. The molecule has 2 heteroatoms. The molecule has 1 atom stereocenters. The summed E-state index contributed by atoms with van der Waals surface area (Å²) in [6.45, 7) is 12.5. The van der Waals surface area contributed by atoms with E-state index < -0.39 is 0 Å². The number of nitrogens with one attached hydrogen (secondary N) is 1. The third kappa shape index (κ3) is 4.95. The molecule has 0 amide bonds. The topological polar surface area (TPSA) is 25.2 Å². The summed E-state index contributed by atoms with van der Waals surface area (Å²) < 4.78 is 5.34. The van der Waals surface area contributed by atoms with Crippen molar-refractivity contribution >= 4 is 0 Å². The third-order valence-corrected chi connectivity index (χ3v) is 3.87. The zero-order valence-electron chi connectivity index (χ0n) is 11.9. The molecule has 1 heterocycles. The van der Waals surface area contributed by atoms with Gasteiger partial charge < -0.3 is 9.73 Å². The molecule has 1 unspecified atom stereocenters. The molecule has 0 saturated heterocycles. The van der Waals surface area contributed by atoms with E-state index in [1.807, 2.05) is 12.1 Å². The number of aryl methyl sites for hydroxylation is 1. The van der Waals surface area contributed by atoms with Crippen LogP contribution in [0.1, 0.15) is 46.8 Å². The first-order valence-electron chi connectivity index (χ1n) is 6.67. The molecule has 1 rings (SSSR count). The molecule has 0 saturated carbocycles. The highest BCUT2D eigenvalue weighted by molar-refractivity contribution is 4.98. The lowest BCUT2D eigenvalue weighted by Gasteiger charge is -2.31. The monoisotopic (exact) mass is 237 g/mol. The summed E-state index contributed by atoms with van der Waals surface area (Å²) in [6, 6.07) is 4.54. The van der Waals surface area contributed by atoms with Gasteiger partial charge in [0.05, 0.1) is 6.26 Å². The fourth-order valence-electron chi connectivity index (χ4n) is 1.56. The van der Waals surface area contributed by atoms with Gasteiger partial charge in [-0.2, -0.15) is 0 Å². The first kappa shape index (κ1) is 14.3. The molecule has 1 aromatic rings. The van der Waals surface area contributed by atoms with Crippen LogP contribution in [0.15, 0.2) is 22.8 Å². The fourth-order valence-corrected chi connectivity index (χ4v) is 1.56. The Balaban J connectivity index is 2.23. The average Bonchev–Trinajstić information content (AvgIpc) is 2.76. The van der Waals surface area contributed by atoms with Gasteiger partial charge in [0.25, 0.3) is 0 Å². The summed E-state index contributed by atoms with van der Waals surface area (Å²) in [6.07, 6.45) is 3.89. The van der Waals surface area contributed by atoms with Gasteiger partial charge in [-0.05, 0) is 36.8 Å². The van der Waals surface area contributed by atoms with Crippen molar-refractivity contribution in [3.8, 4) is 0 Å². The van der Waals surface area contributed by atoms with E-state index in [2.05, 4.69) is 39.9 Å². The number of hydrogen-bond donors (Lipinski definition) is 1. The number of furan rings is 1. The standard InChI is InChI=1S/C15H27NO/c1-12(2)15(4,5)11-16-13(3)8-9-14-7-6-10-17-14/h6-7,10,12-13,16H,8-9,11H2,1-5H3. The lowest BCUT2D eigenvalue weighted by Crippen LogP contribution is -2.38. The molecule has 0 aliphatic heterocycles. The van der Waals surface area contributed by atoms with Gasteiger partial charge >= 0.3 is 0 Å². The summed E-state index contributed by atoms with van der Waals surface area (Å²) >= 11 is 0. The predicted molar refractivity (Wildman–Crippen MR) is 73.1 cm³/mol. The maximum atomic E-state index is 5.34. The van der Waals surface area contributed by atoms with Gasteiger partial charge in [0.2, 0.25) is 0 Å². The second-order valence-corrected chi connectivity index (χ2v) is 6.04. The summed E-state index contributed by atoms with van der Waals surface area (Å²) in [5.74, 6) is 1.79. The van der Waals surface area contributed by atoms with E-state index in [1.165, 1.54) is 0 Å². The molecule has 17 heavy (non-hydrogen) atoms. The van der Waals surface area contributed by atoms with Crippen LogP contribution >= 0.6 is 0 Å². The zero-order valence-corrected chi connectivity index (χ0v) is 11.9. The van der Waals surface area contributed by atoms with Gasteiger partial charge in [-0.1, -0.05) is 27.7 Å². The normalized spacial score (nSPS) is 14.2. The van der Waals surface area contributed by atoms with Crippen molar-refractivity contribution in [1.29, 1.82) is 0 Å². The van der Waals surface area contributed by atoms with E-state index in [9.17, 15) is 0 Å². The first-order chi connectivity index (χ1) is 7.92. The number of rotatable bonds is 7. The van der Waals surface area contributed by atoms with E-state index in [0.717, 1.165) is 25.1 Å². The molecule has 1 aromatic heterocycles. The quantitative estimate of drug-likeness (QED) is 0.778. The van der Waals surface area contributed by atoms with E-state index in [0.29, 0.717) is 17.4 Å². The third-order valence-electron chi connectivity index (χ3n) is 3.87. The predicted octanol–water partition coefficient (Wildman–Crippen LogP) is 3.87. The molecule has 0 fully saturated rings. The van der Waals surface area contributed by atoms with Crippen molar-refractivity contribution < 1.29 is 4.42 Å². The fraction of sp³-hybridized carbons (Fsp3) is 0.733. The molecule has 0 aliphatic rings. The molecule has 0 aromatic carbocycles. The Morgan fingerprint density at radius 1 is 1.29 bits per heavy atom. The van der Waals surface area contributed by atoms with Crippen LogP contribution in [0, 0.1) is 11.3 Å². The molecular weight excluding hydrogens is 210 g/mol. The highest BCUT2D eigenvalue weighted by Crippen LogP contribution is 2.24. The van der Waals surface area contributed by atoms with Gasteiger partial charge in [-0.15, -0.1) is 0 Å². The molecule has 98 valence electrons. The Labute approximate surface area is 106 Å². The molecule has 0 aliphatic carbocycles. The van der Waals surface area contributed by atoms with E-state index in [4.69, 9.17) is 4.42 Å².